The molecular formula is C15H25N3O2. The molecule has 0 bridgehead atoms. The van der Waals surface area contributed by atoms with Gasteiger partial charge < -0.3 is 16.2 Å². The fourth-order valence-corrected chi connectivity index (χ4v) is 1.97. The van der Waals surface area contributed by atoms with Gasteiger partial charge in [-0.2, -0.15) is 0 Å². The van der Waals surface area contributed by atoms with Crippen molar-refractivity contribution >= 4 is 17.3 Å². The van der Waals surface area contributed by atoms with Crippen LogP contribution in [0.15, 0.2) is 24.3 Å². The molecule has 0 saturated carbocycles. The zero-order valence-corrected chi connectivity index (χ0v) is 12.3. The molecule has 0 aliphatic rings. The number of benzene rings is 1. The van der Waals surface area contributed by atoms with E-state index in [1.165, 1.54) is 0 Å². The Bertz CT molecular complexity index is 406. The van der Waals surface area contributed by atoms with E-state index < -0.39 is 0 Å². The molecule has 0 saturated heterocycles. The minimum Gasteiger partial charge on any atom is -0.399 e. The topological polar surface area (TPSA) is 78.6 Å². The summed E-state index contributed by atoms with van der Waals surface area (Å²) in [4.78, 5) is 14.2. The van der Waals surface area contributed by atoms with Crippen molar-refractivity contribution in [3.63, 3.8) is 0 Å². The summed E-state index contributed by atoms with van der Waals surface area (Å²) in [6.45, 7) is 5.35. The molecular weight excluding hydrogens is 254 g/mol. The lowest BCUT2D eigenvalue weighted by Gasteiger charge is -2.27. The minimum absolute atomic E-state index is 0.0587. The number of rotatable bonds is 8. The van der Waals surface area contributed by atoms with Crippen LogP contribution in [-0.4, -0.2) is 41.7 Å². The van der Waals surface area contributed by atoms with Crippen molar-refractivity contribution in [2.24, 2.45) is 0 Å². The lowest BCUT2D eigenvalue weighted by Crippen LogP contribution is -2.43. The Morgan fingerprint density at radius 1 is 1.35 bits per heavy atom. The summed E-state index contributed by atoms with van der Waals surface area (Å²) in [5.74, 6) is -0.0701. The first kappa shape index (κ1) is 16.5. The van der Waals surface area contributed by atoms with Gasteiger partial charge in [-0.25, -0.2) is 0 Å². The normalized spacial score (nSPS) is 12.4. The van der Waals surface area contributed by atoms with Crippen LogP contribution in [-0.2, 0) is 4.79 Å². The SMILES string of the molecule is CCCCN(CCO)C(C)C(=O)Nc1ccc(N)cc1. The van der Waals surface area contributed by atoms with E-state index in [1.807, 2.05) is 11.8 Å². The number of amides is 1. The highest BCUT2D eigenvalue weighted by atomic mass is 16.3. The van der Waals surface area contributed by atoms with Gasteiger partial charge in [0.2, 0.25) is 5.91 Å². The number of hydrogen-bond acceptors (Lipinski definition) is 4. The highest BCUT2D eigenvalue weighted by molar-refractivity contribution is 5.94. The fourth-order valence-electron chi connectivity index (χ4n) is 1.97. The Hall–Kier alpha value is -1.59. The predicted octanol–water partition coefficient (Wildman–Crippen LogP) is 1.69. The van der Waals surface area contributed by atoms with Crippen LogP contribution >= 0.6 is 0 Å². The summed E-state index contributed by atoms with van der Waals surface area (Å²) >= 11 is 0. The zero-order valence-electron chi connectivity index (χ0n) is 12.3. The summed E-state index contributed by atoms with van der Waals surface area (Å²) in [5, 5.41) is 12.0. The van der Waals surface area contributed by atoms with Crippen molar-refractivity contribution in [3.05, 3.63) is 24.3 Å². The maximum atomic E-state index is 12.2. The number of aliphatic hydroxyl groups excluding tert-OH is 1. The Morgan fingerprint density at radius 3 is 2.55 bits per heavy atom. The molecule has 1 aromatic carbocycles. The van der Waals surface area contributed by atoms with Crippen molar-refractivity contribution in [3.8, 4) is 0 Å². The molecule has 112 valence electrons. The van der Waals surface area contributed by atoms with Gasteiger partial charge >= 0.3 is 0 Å². The lowest BCUT2D eigenvalue weighted by atomic mass is 10.2. The van der Waals surface area contributed by atoms with Gasteiger partial charge in [-0.15, -0.1) is 0 Å². The number of nitrogens with one attached hydrogen (secondary N) is 1. The van der Waals surface area contributed by atoms with Gasteiger partial charge in [0.05, 0.1) is 12.6 Å². The average Bonchev–Trinajstić information content (AvgIpc) is 2.45. The summed E-state index contributed by atoms with van der Waals surface area (Å²) in [5.41, 5.74) is 7.01. The van der Waals surface area contributed by atoms with E-state index in [2.05, 4.69) is 12.2 Å². The largest absolute Gasteiger partial charge is 0.399 e. The molecule has 4 N–H and O–H groups in total. The van der Waals surface area contributed by atoms with Crippen molar-refractivity contribution in [1.29, 1.82) is 0 Å². The monoisotopic (exact) mass is 279 g/mol. The van der Waals surface area contributed by atoms with Gasteiger partial charge in [-0.1, -0.05) is 13.3 Å². The number of nitrogen functional groups attached to an aromatic ring is 1. The first-order valence-electron chi connectivity index (χ1n) is 7.09. The predicted molar refractivity (Wildman–Crippen MR) is 82.5 cm³/mol. The molecule has 0 aliphatic heterocycles. The molecule has 5 nitrogen and oxygen atoms in total. The van der Waals surface area contributed by atoms with Crippen LogP contribution in [0.2, 0.25) is 0 Å². The van der Waals surface area contributed by atoms with Crippen LogP contribution in [0.25, 0.3) is 0 Å². The molecule has 1 atom stereocenters. The number of aliphatic hydroxyl groups is 1. The quantitative estimate of drug-likeness (QED) is 0.633. The lowest BCUT2D eigenvalue weighted by molar-refractivity contribution is -0.120. The second-order valence-corrected chi connectivity index (χ2v) is 4.90. The van der Waals surface area contributed by atoms with E-state index in [9.17, 15) is 4.79 Å². The van der Waals surface area contributed by atoms with Gasteiger partial charge in [0.1, 0.15) is 0 Å². The van der Waals surface area contributed by atoms with E-state index >= 15 is 0 Å². The van der Waals surface area contributed by atoms with E-state index in [1.54, 1.807) is 24.3 Å². The van der Waals surface area contributed by atoms with Gasteiger partial charge in [0, 0.05) is 17.9 Å². The van der Waals surface area contributed by atoms with Crippen molar-refractivity contribution in [1.82, 2.24) is 4.90 Å². The molecule has 1 rings (SSSR count). The summed E-state index contributed by atoms with van der Waals surface area (Å²) in [7, 11) is 0. The number of unbranched alkanes of at least 4 members (excludes halogenated alkanes) is 1. The summed E-state index contributed by atoms with van der Waals surface area (Å²) in [6, 6.07) is 6.79. The van der Waals surface area contributed by atoms with Crippen molar-refractivity contribution < 1.29 is 9.90 Å². The summed E-state index contributed by atoms with van der Waals surface area (Å²) in [6.07, 6.45) is 2.08. The third kappa shape index (κ3) is 5.19. The van der Waals surface area contributed by atoms with Crippen LogP contribution in [0.4, 0.5) is 11.4 Å². The molecule has 0 heterocycles. The van der Waals surface area contributed by atoms with Gasteiger partial charge in [-0.3, -0.25) is 9.69 Å². The van der Waals surface area contributed by atoms with E-state index in [0.29, 0.717) is 12.2 Å². The van der Waals surface area contributed by atoms with Crippen molar-refractivity contribution in [2.45, 2.75) is 32.7 Å². The Labute approximate surface area is 120 Å². The Kier molecular flexibility index (Phi) is 7.04. The van der Waals surface area contributed by atoms with Crippen LogP contribution < -0.4 is 11.1 Å². The Morgan fingerprint density at radius 2 is 2.00 bits per heavy atom. The van der Waals surface area contributed by atoms with E-state index in [-0.39, 0.29) is 18.6 Å². The minimum atomic E-state index is -0.272. The maximum Gasteiger partial charge on any atom is 0.241 e. The van der Waals surface area contributed by atoms with Gasteiger partial charge in [0.25, 0.3) is 0 Å². The van der Waals surface area contributed by atoms with Gasteiger partial charge in [-0.05, 0) is 44.2 Å². The summed E-state index contributed by atoms with van der Waals surface area (Å²) < 4.78 is 0. The van der Waals surface area contributed by atoms with Crippen LogP contribution in [0, 0.1) is 0 Å². The second kappa shape index (κ2) is 8.55. The first-order chi connectivity index (χ1) is 9.58. The standard InChI is InChI=1S/C15H25N3O2/c1-3-4-9-18(10-11-19)12(2)15(20)17-14-7-5-13(16)6-8-14/h5-8,12,19H,3-4,9-11,16H2,1-2H3,(H,17,20). The molecule has 5 heteroatoms. The third-order valence-electron chi connectivity index (χ3n) is 3.29. The first-order valence-corrected chi connectivity index (χ1v) is 7.09. The van der Waals surface area contributed by atoms with Gasteiger partial charge in [0.15, 0.2) is 0 Å². The number of nitrogens with zero attached hydrogens (tertiary/aromatic N) is 1. The number of anilines is 2. The third-order valence-corrected chi connectivity index (χ3v) is 3.29. The number of hydrogen-bond donors (Lipinski definition) is 3. The Balaban J connectivity index is 2.60. The van der Waals surface area contributed by atoms with E-state index in [4.69, 9.17) is 10.8 Å². The number of carbonyl (C=O) groups is 1. The van der Waals surface area contributed by atoms with Crippen molar-refractivity contribution in [2.75, 3.05) is 30.7 Å². The highest BCUT2D eigenvalue weighted by Gasteiger charge is 2.20. The molecule has 0 spiro atoms. The van der Waals surface area contributed by atoms with Crippen LogP contribution in [0.3, 0.4) is 0 Å². The van der Waals surface area contributed by atoms with Crippen LogP contribution in [0.1, 0.15) is 26.7 Å². The highest BCUT2D eigenvalue weighted by Crippen LogP contribution is 2.12. The fraction of sp³-hybridized carbons (Fsp3) is 0.533. The second-order valence-electron chi connectivity index (χ2n) is 4.90. The molecule has 0 fully saturated rings. The average molecular weight is 279 g/mol. The molecule has 0 aliphatic carbocycles. The number of nitrogens with two attached hydrogens (primary N) is 1. The molecule has 1 unspecified atom stereocenters. The molecule has 0 radical (unpaired) electrons. The molecule has 20 heavy (non-hydrogen) atoms. The maximum absolute atomic E-state index is 12.2. The smallest absolute Gasteiger partial charge is 0.241 e. The number of carbonyl (C=O) groups excluding carboxylic acids is 1. The molecule has 1 amide bonds. The van der Waals surface area contributed by atoms with E-state index in [0.717, 1.165) is 25.1 Å². The zero-order chi connectivity index (χ0) is 15.0. The molecule has 0 aromatic heterocycles. The molecule has 1 aromatic rings. The van der Waals surface area contributed by atoms with Crippen LogP contribution in [0.5, 0.6) is 0 Å².